The van der Waals surface area contributed by atoms with Crippen molar-refractivity contribution in [2.45, 2.75) is 58.4 Å². The third kappa shape index (κ3) is 5.44. The third-order valence-corrected chi connectivity index (χ3v) is 6.89. The van der Waals surface area contributed by atoms with Crippen molar-refractivity contribution in [1.82, 2.24) is 9.80 Å². The SMILES string of the molecule is CCCCCC(=O)N(CCC)CC(=O)N1CCc2sccc2C1c1ccc(Cl)cc1. The Labute approximate surface area is 188 Å². The van der Waals surface area contributed by atoms with Crippen LogP contribution in [0.2, 0.25) is 5.02 Å². The molecule has 1 aromatic carbocycles. The summed E-state index contributed by atoms with van der Waals surface area (Å²) in [6.45, 7) is 5.63. The molecule has 0 aliphatic carbocycles. The summed E-state index contributed by atoms with van der Waals surface area (Å²) in [7, 11) is 0. The smallest absolute Gasteiger partial charge is 0.242 e. The topological polar surface area (TPSA) is 40.6 Å². The Balaban J connectivity index is 1.80. The van der Waals surface area contributed by atoms with E-state index in [1.54, 1.807) is 16.2 Å². The molecule has 0 saturated carbocycles. The van der Waals surface area contributed by atoms with Gasteiger partial charge in [0.2, 0.25) is 11.8 Å². The zero-order valence-corrected chi connectivity index (χ0v) is 19.5. The largest absolute Gasteiger partial charge is 0.333 e. The van der Waals surface area contributed by atoms with Crippen LogP contribution >= 0.6 is 22.9 Å². The molecule has 4 nitrogen and oxygen atoms in total. The number of halogens is 1. The van der Waals surface area contributed by atoms with E-state index in [-0.39, 0.29) is 24.4 Å². The van der Waals surface area contributed by atoms with Crippen LogP contribution in [0.5, 0.6) is 0 Å². The predicted octanol–water partition coefficient (Wildman–Crippen LogP) is 5.69. The first-order chi connectivity index (χ1) is 14.5. The molecule has 0 fully saturated rings. The first-order valence-electron chi connectivity index (χ1n) is 10.9. The second kappa shape index (κ2) is 11.0. The number of rotatable bonds is 9. The Morgan fingerprint density at radius 2 is 1.90 bits per heavy atom. The van der Waals surface area contributed by atoms with Crippen LogP contribution in [-0.4, -0.2) is 41.2 Å². The zero-order valence-electron chi connectivity index (χ0n) is 17.9. The highest BCUT2D eigenvalue weighted by Crippen LogP contribution is 2.38. The molecule has 1 atom stereocenters. The van der Waals surface area contributed by atoms with Gasteiger partial charge in [0.05, 0.1) is 12.6 Å². The Morgan fingerprint density at radius 3 is 2.60 bits per heavy atom. The van der Waals surface area contributed by atoms with Crippen molar-refractivity contribution in [2.75, 3.05) is 19.6 Å². The van der Waals surface area contributed by atoms with Crippen molar-refractivity contribution in [3.05, 3.63) is 56.7 Å². The van der Waals surface area contributed by atoms with Gasteiger partial charge in [-0.15, -0.1) is 11.3 Å². The van der Waals surface area contributed by atoms with Crippen LogP contribution in [0.4, 0.5) is 0 Å². The first-order valence-corrected chi connectivity index (χ1v) is 12.2. The quantitative estimate of drug-likeness (QED) is 0.464. The molecule has 6 heteroatoms. The van der Waals surface area contributed by atoms with Gasteiger partial charge < -0.3 is 9.80 Å². The molecule has 2 amide bonds. The minimum atomic E-state index is -0.122. The monoisotopic (exact) mass is 446 g/mol. The lowest BCUT2D eigenvalue weighted by atomic mass is 9.93. The number of benzene rings is 1. The summed E-state index contributed by atoms with van der Waals surface area (Å²) in [4.78, 5) is 31.2. The van der Waals surface area contributed by atoms with E-state index in [0.29, 0.717) is 24.5 Å². The number of unbranched alkanes of at least 4 members (excludes halogenated alkanes) is 2. The minimum absolute atomic E-state index is 0.0177. The Bertz CT molecular complexity index is 849. The van der Waals surface area contributed by atoms with E-state index in [2.05, 4.69) is 18.4 Å². The van der Waals surface area contributed by atoms with E-state index in [0.717, 1.165) is 37.7 Å². The minimum Gasteiger partial charge on any atom is -0.333 e. The van der Waals surface area contributed by atoms with Gasteiger partial charge in [0.25, 0.3) is 0 Å². The summed E-state index contributed by atoms with van der Waals surface area (Å²) >= 11 is 7.85. The van der Waals surface area contributed by atoms with E-state index in [4.69, 9.17) is 11.6 Å². The lowest BCUT2D eigenvalue weighted by Gasteiger charge is -2.37. The molecule has 0 N–H and O–H groups in total. The number of fused-ring (bicyclic) bond motifs is 1. The maximum Gasteiger partial charge on any atom is 0.242 e. The third-order valence-electron chi connectivity index (χ3n) is 5.64. The number of amides is 2. The van der Waals surface area contributed by atoms with E-state index >= 15 is 0 Å². The van der Waals surface area contributed by atoms with Crippen molar-refractivity contribution in [3.8, 4) is 0 Å². The molecule has 3 rings (SSSR count). The summed E-state index contributed by atoms with van der Waals surface area (Å²) < 4.78 is 0. The molecule has 2 aromatic rings. The lowest BCUT2D eigenvalue weighted by Crippen LogP contribution is -2.47. The fraction of sp³-hybridized carbons (Fsp3) is 0.500. The fourth-order valence-electron chi connectivity index (χ4n) is 4.09. The number of hydrogen-bond acceptors (Lipinski definition) is 3. The first kappa shape index (κ1) is 22.8. The highest BCUT2D eigenvalue weighted by atomic mass is 35.5. The Morgan fingerprint density at radius 1 is 1.13 bits per heavy atom. The van der Waals surface area contributed by atoms with Crippen LogP contribution in [0, 0.1) is 0 Å². The predicted molar refractivity (Wildman–Crippen MR) is 124 cm³/mol. The van der Waals surface area contributed by atoms with Crippen molar-refractivity contribution in [1.29, 1.82) is 0 Å². The van der Waals surface area contributed by atoms with Gasteiger partial charge in [-0.3, -0.25) is 9.59 Å². The Hall–Kier alpha value is -1.85. The molecule has 1 aromatic heterocycles. The number of hydrogen-bond donors (Lipinski definition) is 0. The Kier molecular flexibility index (Phi) is 8.34. The number of nitrogens with zero attached hydrogens (tertiary/aromatic N) is 2. The molecule has 1 aliphatic heterocycles. The fourth-order valence-corrected chi connectivity index (χ4v) is 5.12. The molecule has 0 radical (unpaired) electrons. The van der Waals surface area contributed by atoms with E-state index in [1.807, 2.05) is 36.1 Å². The average molecular weight is 447 g/mol. The van der Waals surface area contributed by atoms with Crippen molar-refractivity contribution in [3.63, 3.8) is 0 Å². The van der Waals surface area contributed by atoms with Crippen molar-refractivity contribution < 1.29 is 9.59 Å². The normalized spacial score (nSPS) is 15.7. The van der Waals surface area contributed by atoms with E-state index in [9.17, 15) is 9.59 Å². The molecule has 1 unspecified atom stereocenters. The summed E-state index contributed by atoms with van der Waals surface area (Å²) in [5.41, 5.74) is 2.25. The van der Waals surface area contributed by atoms with Gasteiger partial charge in [0, 0.05) is 29.4 Å². The zero-order chi connectivity index (χ0) is 21.5. The van der Waals surface area contributed by atoms with Crippen molar-refractivity contribution in [2.24, 2.45) is 0 Å². The second-order valence-corrected chi connectivity index (χ2v) is 9.30. The van der Waals surface area contributed by atoms with Gasteiger partial charge in [-0.05, 0) is 54.0 Å². The summed E-state index contributed by atoms with van der Waals surface area (Å²) in [5, 5.41) is 2.78. The molecule has 30 heavy (non-hydrogen) atoms. The highest BCUT2D eigenvalue weighted by Gasteiger charge is 2.33. The maximum absolute atomic E-state index is 13.4. The van der Waals surface area contributed by atoms with Crippen LogP contribution in [0.25, 0.3) is 0 Å². The molecular formula is C24H31ClN2O2S. The number of carbonyl (C=O) groups is 2. The molecule has 0 spiro atoms. The molecule has 0 bridgehead atoms. The molecule has 162 valence electrons. The van der Waals surface area contributed by atoms with Crippen LogP contribution in [-0.2, 0) is 16.0 Å². The number of carbonyl (C=O) groups excluding carboxylic acids is 2. The lowest BCUT2D eigenvalue weighted by molar-refractivity contribution is -0.141. The molecule has 0 saturated heterocycles. The van der Waals surface area contributed by atoms with Crippen LogP contribution in [0.15, 0.2) is 35.7 Å². The maximum atomic E-state index is 13.4. The van der Waals surface area contributed by atoms with Gasteiger partial charge in [-0.2, -0.15) is 0 Å². The van der Waals surface area contributed by atoms with Crippen LogP contribution in [0.3, 0.4) is 0 Å². The highest BCUT2D eigenvalue weighted by molar-refractivity contribution is 7.10. The standard InChI is InChI=1S/C24H31ClN2O2S/c1-3-5-6-7-22(28)26(14-4-2)17-23(29)27-15-12-21-20(13-16-30-21)24(27)18-8-10-19(25)11-9-18/h8-11,13,16,24H,3-7,12,14-15,17H2,1-2H3. The van der Waals surface area contributed by atoms with E-state index < -0.39 is 0 Å². The molecular weight excluding hydrogens is 416 g/mol. The molecule has 1 aliphatic rings. The number of thiophene rings is 1. The summed E-state index contributed by atoms with van der Waals surface area (Å²) in [6, 6.07) is 9.75. The summed E-state index contributed by atoms with van der Waals surface area (Å²) in [5.74, 6) is 0.110. The molecule has 2 heterocycles. The van der Waals surface area contributed by atoms with Crippen LogP contribution < -0.4 is 0 Å². The van der Waals surface area contributed by atoms with Crippen molar-refractivity contribution >= 4 is 34.8 Å². The van der Waals surface area contributed by atoms with Gasteiger partial charge in [0.1, 0.15) is 0 Å². The average Bonchev–Trinajstić information content (AvgIpc) is 3.22. The second-order valence-electron chi connectivity index (χ2n) is 7.86. The summed E-state index contributed by atoms with van der Waals surface area (Å²) in [6.07, 6.45) is 5.25. The van der Waals surface area contributed by atoms with Crippen LogP contribution in [0.1, 0.15) is 68.0 Å². The van der Waals surface area contributed by atoms with E-state index in [1.165, 1.54) is 10.4 Å². The van der Waals surface area contributed by atoms with Gasteiger partial charge in [-0.25, -0.2) is 0 Å². The van der Waals surface area contributed by atoms with Gasteiger partial charge >= 0.3 is 0 Å². The van der Waals surface area contributed by atoms with Gasteiger partial charge in [0.15, 0.2) is 0 Å². The van der Waals surface area contributed by atoms with Gasteiger partial charge in [-0.1, -0.05) is 50.4 Å².